The van der Waals surface area contributed by atoms with Gasteiger partial charge in [0, 0.05) is 0 Å². The van der Waals surface area contributed by atoms with E-state index in [0.29, 0.717) is 6.61 Å². The molecule has 5 heteroatoms. The van der Waals surface area contributed by atoms with Crippen molar-refractivity contribution < 1.29 is 19.1 Å². The van der Waals surface area contributed by atoms with Crippen molar-refractivity contribution in [2.75, 3.05) is 6.61 Å². The average molecular weight is 321 g/mol. The molecular formula is C18H27NO4. The fraction of sp³-hybridized carbons (Fsp3) is 0.556. The predicted octanol–water partition coefficient (Wildman–Crippen LogP) is 3.67. The molecule has 0 aromatic heterocycles. The Hall–Kier alpha value is -2.04. The van der Waals surface area contributed by atoms with Gasteiger partial charge in [-0.15, -0.1) is 0 Å². The van der Waals surface area contributed by atoms with Gasteiger partial charge in [-0.2, -0.15) is 0 Å². The van der Waals surface area contributed by atoms with Crippen LogP contribution in [-0.2, 0) is 20.9 Å². The highest BCUT2D eigenvalue weighted by Gasteiger charge is 2.27. The van der Waals surface area contributed by atoms with E-state index in [0.717, 1.165) is 24.8 Å². The van der Waals surface area contributed by atoms with Gasteiger partial charge in [-0.25, -0.2) is 9.59 Å². The van der Waals surface area contributed by atoms with Crippen LogP contribution in [0.25, 0.3) is 0 Å². The molecule has 1 aromatic rings. The lowest BCUT2D eigenvalue weighted by Gasteiger charge is -2.22. The van der Waals surface area contributed by atoms with Crippen LogP contribution in [0.5, 0.6) is 0 Å². The van der Waals surface area contributed by atoms with Crippen molar-refractivity contribution in [3.8, 4) is 0 Å². The largest absolute Gasteiger partial charge is 0.464 e. The molecule has 1 amide bonds. The summed E-state index contributed by atoms with van der Waals surface area (Å²) < 4.78 is 10.4. The van der Waals surface area contributed by atoms with Gasteiger partial charge in [0.05, 0.1) is 6.61 Å². The molecule has 0 aliphatic rings. The van der Waals surface area contributed by atoms with Gasteiger partial charge >= 0.3 is 12.1 Å². The first-order valence-corrected chi connectivity index (χ1v) is 8.22. The summed E-state index contributed by atoms with van der Waals surface area (Å²) in [4.78, 5) is 24.1. The van der Waals surface area contributed by atoms with E-state index in [-0.39, 0.29) is 12.5 Å². The lowest BCUT2D eigenvalue weighted by Crippen LogP contribution is -2.46. The number of alkyl carbamates (subject to hydrolysis) is 1. The Morgan fingerprint density at radius 2 is 1.83 bits per heavy atom. The van der Waals surface area contributed by atoms with Gasteiger partial charge in [-0.05, 0) is 17.9 Å². The van der Waals surface area contributed by atoms with Crippen LogP contribution in [0.2, 0.25) is 0 Å². The van der Waals surface area contributed by atoms with Crippen molar-refractivity contribution in [1.29, 1.82) is 0 Å². The molecule has 0 bridgehead atoms. The number of carbonyl (C=O) groups is 2. The van der Waals surface area contributed by atoms with Crippen molar-refractivity contribution in [2.24, 2.45) is 5.92 Å². The first kappa shape index (κ1) is 19.0. The number of carbonyl (C=O) groups excluding carboxylic acids is 2. The van der Waals surface area contributed by atoms with E-state index in [1.54, 1.807) is 0 Å². The molecule has 5 nitrogen and oxygen atoms in total. The Kier molecular flexibility index (Phi) is 8.80. The zero-order valence-corrected chi connectivity index (χ0v) is 14.2. The molecule has 0 saturated heterocycles. The zero-order chi connectivity index (χ0) is 17.1. The Bertz CT molecular complexity index is 475. The number of benzene rings is 1. The molecule has 1 N–H and O–H groups in total. The average Bonchev–Trinajstić information content (AvgIpc) is 2.58. The van der Waals surface area contributed by atoms with E-state index < -0.39 is 18.1 Å². The predicted molar refractivity (Wildman–Crippen MR) is 88.9 cm³/mol. The molecule has 0 fully saturated rings. The van der Waals surface area contributed by atoms with Crippen molar-refractivity contribution in [3.63, 3.8) is 0 Å². The van der Waals surface area contributed by atoms with Crippen LogP contribution in [0.1, 0.15) is 45.6 Å². The third kappa shape index (κ3) is 7.17. The Morgan fingerprint density at radius 1 is 1.13 bits per heavy atom. The maximum absolute atomic E-state index is 12.1. The second-order valence-electron chi connectivity index (χ2n) is 5.59. The van der Waals surface area contributed by atoms with E-state index in [2.05, 4.69) is 5.32 Å². The molecule has 0 heterocycles. The highest BCUT2D eigenvalue weighted by molar-refractivity contribution is 5.81. The minimum Gasteiger partial charge on any atom is -0.464 e. The molecule has 0 unspecified atom stereocenters. The molecule has 1 rings (SSSR count). The number of unbranched alkanes of at least 4 members (excludes halogenated alkanes) is 1. The summed E-state index contributed by atoms with van der Waals surface area (Å²) >= 11 is 0. The molecular weight excluding hydrogens is 294 g/mol. The highest BCUT2D eigenvalue weighted by atomic mass is 16.6. The second-order valence-corrected chi connectivity index (χ2v) is 5.59. The number of amides is 1. The van der Waals surface area contributed by atoms with Gasteiger partial charge in [-0.1, -0.05) is 63.9 Å². The quantitative estimate of drug-likeness (QED) is 0.557. The summed E-state index contributed by atoms with van der Waals surface area (Å²) in [5.41, 5.74) is 0.897. The summed E-state index contributed by atoms with van der Waals surface area (Å²) in [7, 11) is 0. The SMILES string of the molecule is CCCCOC(=O)[C@@H](NC(=O)OCc1ccccc1)[C@@H](C)CC. The summed E-state index contributed by atoms with van der Waals surface area (Å²) in [6.07, 6.45) is 1.92. The molecule has 0 aliphatic carbocycles. The Morgan fingerprint density at radius 3 is 2.43 bits per heavy atom. The summed E-state index contributed by atoms with van der Waals surface area (Å²) in [6, 6.07) is 8.72. The number of ether oxygens (including phenoxy) is 2. The normalized spacial score (nSPS) is 13.0. The van der Waals surface area contributed by atoms with Crippen LogP contribution in [0.3, 0.4) is 0 Å². The van der Waals surface area contributed by atoms with Crippen LogP contribution in [0.15, 0.2) is 30.3 Å². The molecule has 23 heavy (non-hydrogen) atoms. The summed E-state index contributed by atoms with van der Waals surface area (Å²) in [5, 5.41) is 2.63. The van der Waals surface area contributed by atoms with E-state index >= 15 is 0 Å². The summed E-state index contributed by atoms with van der Waals surface area (Å²) in [5.74, 6) is -0.419. The molecule has 1 aromatic carbocycles. The number of hydrogen-bond donors (Lipinski definition) is 1. The molecule has 128 valence electrons. The first-order valence-electron chi connectivity index (χ1n) is 8.22. The van der Waals surface area contributed by atoms with Crippen LogP contribution < -0.4 is 5.32 Å². The molecule has 0 spiro atoms. The maximum Gasteiger partial charge on any atom is 0.408 e. The Balaban J connectivity index is 2.51. The van der Waals surface area contributed by atoms with Crippen LogP contribution in [0.4, 0.5) is 4.79 Å². The number of nitrogens with one attached hydrogen (secondary N) is 1. The van der Waals surface area contributed by atoms with Gasteiger partial charge in [0.25, 0.3) is 0 Å². The van der Waals surface area contributed by atoms with Crippen molar-refractivity contribution >= 4 is 12.1 Å². The molecule has 0 saturated carbocycles. The monoisotopic (exact) mass is 321 g/mol. The van der Waals surface area contributed by atoms with Gasteiger partial charge in [-0.3, -0.25) is 0 Å². The van der Waals surface area contributed by atoms with Crippen molar-refractivity contribution in [3.05, 3.63) is 35.9 Å². The van der Waals surface area contributed by atoms with Crippen molar-refractivity contribution in [2.45, 2.75) is 52.7 Å². The van der Waals surface area contributed by atoms with Gasteiger partial charge < -0.3 is 14.8 Å². The van der Waals surface area contributed by atoms with Gasteiger partial charge in [0.1, 0.15) is 12.6 Å². The van der Waals surface area contributed by atoms with E-state index in [9.17, 15) is 9.59 Å². The first-order chi connectivity index (χ1) is 11.1. The van der Waals surface area contributed by atoms with E-state index in [4.69, 9.17) is 9.47 Å². The zero-order valence-electron chi connectivity index (χ0n) is 14.2. The molecule has 0 radical (unpaired) electrons. The van der Waals surface area contributed by atoms with Crippen LogP contribution >= 0.6 is 0 Å². The number of hydrogen-bond acceptors (Lipinski definition) is 4. The fourth-order valence-electron chi connectivity index (χ4n) is 1.97. The smallest absolute Gasteiger partial charge is 0.408 e. The third-order valence-electron chi connectivity index (χ3n) is 3.70. The second kappa shape index (κ2) is 10.6. The minimum atomic E-state index is -0.680. The topological polar surface area (TPSA) is 64.6 Å². The Labute approximate surface area is 138 Å². The van der Waals surface area contributed by atoms with E-state index in [1.165, 1.54) is 0 Å². The summed E-state index contributed by atoms with van der Waals surface area (Å²) in [6.45, 7) is 6.45. The lowest BCUT2D eigenvalue weighted by molar-refractivity contribution is -0.147. The standard InChI is InChI=1S/C18H27NO4/c1-4-6-12-22-17(20)16(14(3)5-2)19-18(21)23-13-15-10-8-7-9-11-15/h7-11,14,16H,4-6,12-13H2,1-3H3,(H,19,21)/t14-,16-/m0/s1. The number of esters is 1. The molecule has 0 aliphatic heterocycles. The third-order valence-corrected chi connectivity index (χ3v) is 3.70. The van der Waals surface area contributed by atoms with Gasteiger partial charge in [0.2, 0.25) is 0 Å². The molecule has 2 atom stereocenters. The van der Waals surface area contributed by atoms with Crippen molar-refractivity contribution in [1.82, 2.24) is 5.32 Å². The fourth-order valence-corrected chi connectivity index (χ4v) is 1.97. The van der Waals surface area contributed by atoms with E-state index in [1.807, 2.05) is 51.1 Å². The highest BCUT2D eigenvalue weighted by Crippen LogP contribution is 2.11. The lowest BCUT2D eigenvalue weighted by atomic mass is 9.99. The van der Waals surface area contributed by atoms with Gasteiger partial charge in [0.15, 0.2) is 0 Å². The van der Waals surface area contributed by atoms with Crippen LogP contribution in [0, 0.1) is 5.92 Å². The maximum atomic E-state index is 12.1. The minimum absolute atomic E-state index is 0.0200. The van der Waals surface area contributed by atoms with Crippen LogP contribution in [-0.4, -0.2) is 24.7 Å². The number of rotatable bonds is 9.